The Morgan fingerprint density at radius 1 is 0.333 bits per heavy atom. The van der Waals surface area contributed by atoms with Crippen LogP contribution in [-0.4, -0.2) is 9.97 Å². The first-order valence-electron chi connectivity index (χ1n) is 17.2. The second-order valence-corrected chi connectivity index (χ2v) is 13.0. The normalized spacial score (nSPS) is 11.5. The van der Waals surface area contributed by atoms with E-state index in [0.29, 0.717) is 5.82 Å². The lowest BCUT2D eigenvalue weighted by Gasteiger charge is -2.12. The van der Waals surface area contributed by atoms with E-state index >= 15 is 0 Å². The van der Waals surface area contributed by atoms with Gasteiger partial charge in [-0.1, -0.05) is 146 Å². The number of fused-ring (bicyclic) bond motifs is 6. The van der Waals surface area contributed by atoms with Crippen LogP contribution in [0.15, 0.2) is 186 Å². The van der Waals surface area contributed by atoms with Gasteiger partial charge in [0.1, 0.15) is 11.2 Å². The molecule has 0 radical (unpaired) electrons. The molecule has 0 aliphatic rings. The fraction of sp³-hybridized carbons (Fsp3) is 0. The molecule has 51 heavy (non-hydrogen) atoms. The molecule has 0 amide bonds. The zero-order chi connectivity index (χ0) is 33.7. The molecule has 2 aromatic heterocycles. The highest BCUT2D eigenvalue weighted by Crippen LogP contribution is 2.41. The Labute approximate surface area is 295 Å². The van der Waals surface area contributed by atoms with E-state index in [-0.39, 0.29) is 0 Å². The lowest BCUT2D eigenvalue weighted by Crippen LogP contribution is -1.96. The zero-order valence-corrected chi connectivity index (χ0v) is 27.6. The molecule has 0 unspecified atom stereocenters. The van der Waals surface area contributed by atoms with Gasteiger partial charge >= 0.3 is 0 Å². The van der Waals surface area contributed by atoms with Crippen LogP contribution in [0.2, 0.25) is 0 Å². The van der Waals surface area contributed by atoms with Gasteiger partial charge in [0, 0.05) is 27.5 Å². The Bertz CT molecular complexity index is 2890. The van der Waals surface area contributed by atoms with Gasteiger partial charge in [-0.2, -0.15) is 0 Å². The van der Waals surface area contributed by atoms with Crippen molar-refractivity contribution in [2.24, 2.45) is 0 Å². The van der Waals surface area contributed by atoms with Crippen LogP contribution >= 0.6 is 0 Å². The smallest absolute Gasteiger partial charge is 0.160 e. The van der Waals surface area contributed by atoms with Gasteiger partial charge in [0.15, 0.2) is 5.82 Å². The standard InChI is InChI=1S/C48H30N2O/c1-4-12-31(13-5-1)34-20-21-36-27-38(23-22-35(36)26-34)43-30-44(50-48(49-43)33-16-8-3-9-17-33)42-29-46-47(40-19-11-10-18-39(40)42)41-25-24-37(28-45(41)51-46)32-14-6-2-7-15-32/h1-30H. The maximum Gasteiger partial charge on any atom is 0.160 e. The SMILES string of the molecule is c1ccc(-c2ccc3cc(-c4cc(-c5cc6oc7cc(-c8ccccc8)ccc7c6c6ccccc56)nc(-c5ccccc5)n4)ccc3c2)cc1. The van der Waals surface area contributed by atoms with Crippen LogP contribution in [0.3, 0.4) is 0 Å². The highest BCUT2D eigenvalue weighted by Gasteiger charge is 2.18. The summed E-state index contributed by atoms with van der Waals surface area (Å²) in [5, 5.41) is 6.83. The van der Waals surface area contributed by atoms with Gasteiger partial charge in [-0.05, 0) is 80.2 Å². The molecule has 3 nitrogen and oxygen atoms in total. The number of nitrogens with zero attached hydrogens (tertiary/aromatic N) is 2. The zero-order valence-electron chi connectivity index (χ0n) is 27.6. The predicted octanol–water partition coefficient (Wildman–Crippen LogP) is 13.0. The molecular weight excluding hydrogens is 621 g/mol. The lowest BCUT2D eigenvalue weighted by molar-refractivity contribution is 0.669. The van der Waals surface area contributed by atoms with Crippen LogP contribution in [0.4, 0.5) is 0 Å². The minimum Gasteiger partial charge on any atom is -0.456 e. The third-order valence-corrected chi connectivity index (χ3v) is 9.86. The summed E-state index contributed by atoms with van der Waals surface area (Å²) in [6, 6.07) is 63.8. The number of benzene rings is 8. The molecule has 8 aromatic carbocycles. The van der Waals surface area contributed by atoms with Crippen molar-refractivity contribution in [3.63, 3.8) is 0 Å². The van der Waals surface area contributed by atoms with E-state index in [1.807, 2.05) is 24.3 Å². The van der Waals surface area contributed by atoms with Crippen LogP contribution in [-0.2, 0) is 0 Å². The van der Waals surface area contributed by atoms with Crippen molar-refractivity contribution in [2.45, 2.75) is 0 Å². The highest BCUT2D eigenvalue weighted by atomic mass is 16.3. The van der Waals surface area contributed by atoms with Gasteiger partial charge in [-0.3, -0.25) is 0 Å². The highest BCUT2D eigenvalue weighted by molar-refractivity contribution is 6.22. The van der Waals surface area contributed by atoms with Crippen molar-refractivity contribution < 1.29 is 4.42 Å². The Balaban J connectivity index is 1.16. The fourth-order valence-corrected chi connectivity index (χ4v) is 7.33. The summed E-state index contributed by atoms with van der Waals surface area (Å²) >= 11 is 0. The van der Waals surface area contributed by atoms with Crippen LogP contribution in [0.25, 0.3) is 99.6 Å². The largest absolute Gasteiger partial charge is 0.456 e. The first-order chi connectivity index (χ1) is 25.2. The molecule has 0 N–H and O–H groups in total. The van der Waals surface area contributed by atoms with Crippen LogP contribution in [0.1, 0.15) is 0 Å². The van der Waals surface area contributed by atoms with E-state index in [9.17, 15) is 0 Å². The minimum absolute atomic E-state index is 0.684. The third kappa shape index (κ3) is 5.15. The molecule has 238 valence electrons. The summed E-state index contributed by atoms with van der Waals surface area (Å²) < 4.78 is 6.66. The van der Waals surface area contributed by atoms with Gasteiger partial charge < -0.3 is 4.42 Å². The summed E-state index contributed by atoms with van der Waals surface area (Å²) in [7, 11) is 0. The maximum atomic E-state index is 6.66. The summed E-state index contributed by atoms with van der Waals surface area (Å²) in [5.41, 5.74) is 11.2. The summed E-state index contributed by atoms with van der Waals surface area (Å²) in [6.07, 6.45) is 0. The van der Waals surface area contributed by atoms with Crippen LogP contribution in [0, 0.1) is 0 Å². The number of furan rings is 1. The molecule has 0 fully saturated rings. The molecule has 2 heterocycles. The Morgan fingerprint density at radius 3 is 1.59 bits per heavy atom. The van der Waals surface area contributed by atoms with Crippen LogP contribution < -0.4 is 0 Å². The minimum atomic E-state index is 0.684. The molecule has 0 aliphatic carbocycles. The molecule has 0 saturated heterocycles. The molecule has 0 atom stereocenters. The van der Waals surface area contributed by atoms with E-state index in [1.54, 1.807) is 0 Å². The quantitative estimate of drug-likeness (QED) is 0.186. The number of aromatic nitrogens is 2. The van der Waals surface area contributed by atoms with Crippen molar-refractivity contribution in [3.05, 3.63) is 182 Å². The van der Waals surface area contributed by atoms with Gasteiger partial charge in [-0.15, -0.1) is 0 Å². The van der Waals surface area contributed by atoms with E-state index in [4.69, 9.17) is 14.4 Å². The van der Waals surface area contributed by atoms with Crippen molar-refractivity contribution in [1.29, 1.82) is 0 Å². The molecule has 0 bridgehead atoms. The van der Waals surface area contributed by atoms with Crippen molar-refractivity contribution in [2.75, 3.05) is 0 Å². The first kappa shape index (κ1) is 29.1. The second-order valence-electron chi connectivity index (χ2n) is 13.0. The monoisotopic (exact) mass is 650 g/mol. The molecule has 10 aromatic rings. The Kier molecular flexibility index (Phi) is 6.81. The Morgan fingerprint density at radius 2 is 0.882 bits per heavy atom. The molecule has 10 rings (SSSR count). The van der Waals surface area contributed by atoms with Crippen molar-refractivity contribution >= 4 is 43.5 Å². The summed E-state index contributed by atoms with van der Waals surface area (Å²) in [4.78, 5) is 10.4. The lowest BCUT2D eigenvalue weighted by atomic mass is 9.95. The first-order valence-corrected chi connectivity index (χ1v) is 17.2. The topological polar surface area (TPSA) is 38.9 Å². The molecule has 0 saturated carbocycles. The summed E-state index contributed by atoms with van der Waals surface area (Å²) in [5.74, 6) is 0.684. The second kappa shape index (κ2) is 11.9. The van der Waals surface area contributed by atoms with Gasteiger partial charge in [-0.25, -0.2) is 9.97 Å². The average molecular weight is 651 g/mol. The maximum absolute atomic E-state index is 6.66. The van der Waals surface area contributed by atoms with E-state index in [0.717, 1.165) is 77.3 Å². The number of hydrogen-bond donors (Lipinski definition) is 0. The molecule has 3 heteroatoms. The fourth-order valence-electron chi connectivity index (χ4n) is 7.33. The number of hydrogen-bond acceptors (Lipinski definition) is 3. The molecule has 0 spiro atoms. The Hall–Kier alpha value is -6.84. The van der Waals surface area contributed by atoms with Crippen molar-refractivity contribution in [1.82, 2.24) is 9.97 Å². The average Bonchev–Trinajstić information content (AvgIpc) is 3.59. The van der Waals surface area contributed by atoms with Crippen LogP contribution in [0.5, 0.6) is 0 Å². The van der Waals surface area contributed by atoms with E-state index < -0.39 is 0 Å². The van der Waals surface area contributed by atoms with Gasteiger partial charge in [0.25, 0.3) is 0 Å². The van der Waals surface area contributed by atoms with Gasteiger partial charge in [0.2, 0.25) is 0 Å². The van der Waals surface area contributed by atoms with E-state index in [1.165, 1.54) is 16.5 Å². The van der Waals surface area contributed by atoms with E-state index in [2.05, 4.69) is 158 Å². The third-order valence-electron chi connectivity index (χ3n) is 9.86. The number of rotatable bonds is 5. The van der Waals surface area contributed by atoms with Crippen molar-refractivity contribution in [3.8, 4) is 56.2 Å². The predicted molar refractivity (Wildman–Crippen MR) is 212 cm³/mol. The molecule has 0 aliphatic heterocycles. The molecular formula is C48H30N2O. The van der Waals surface area contributed by atoms with Gasteiger partial charge in [0.05, 0.1) is 11.4 Å². The summed E-state index contributed by atoms with van der Waals surface area (Å²) in [6.45, 7) is 0.